The van der Waals surface area contributed by atoms with Crippen molar-refractivity contribution in [2.75, 3.05) is 6.54 Å². The third-order valence-corrected chi connectivity index (χ3v) is 7.22. The molecule has 0 radical (unpaired) electrons. The summed E-state index contributed by atoms with van der Waals surface area (Å²) >= 11 is 0. The second-order valence-electron chi connectivity index (χ2n) is 7.42. The smallest absolute Gasteiger partial charge is 0.243 e. The Balaban J connectivity index is 1.47. The first-order valence-corrected chi connectivity index (χ1v) is 11.2. The molecule has 0 saturated heterocycles. The van der Waals surface area contributed by atoms with Gasteiger partial charge in [0, 0.05) is 19.3 Å². The van der Waals surface area contributed by atoms with Crippen LogP contribution in [0.15, 0.2) is 58.2 Å². The summed E-state index contributed by atoms with van der Waals surface area (Å²) in [6, 6.07) is 9.98. The average Bonchev–Trinajstić information content (AvgIpc) is 3.36. The number of benzene rings is 1. The number of carbonyl (C=O) groups excluding carboxylic acids is 1. The summed E-state index contributed by atoms with van der Waals surface area (Å²) in [4.78, 5) is 17.1. The van der Waals surface area contributed by atoms with Gasteiger partial charge in [0.2, 0.25) is 15.9 Å². The molecular weight excluding hydrogens is 404 g/mol. The molecule has 1 aliphatic rings. The Morgan fingerprint density at radius 3 is 2.70 bits per heavy atom. The molecule has 1 aliphatic heterocycles. The summed E-state index contributed by atoms with van der Waals surface area (Å²) in [6.07, 6.45) is 3.51. The Hall–Kier alpha value is -2.91. The molecule has 0 spiro atoms. The molecule has 8 nitrogen and oxygen atoms in total. The van der Waals surface area contributed by atoms with Crippen molar-refractivity contribution in [3.8, 4) is 0 Å². The Labute approximate surface area is 175 Å². The normalized spacial score (nSPS) is 16.9. The molecule has 1 aromatic carbocycles. The van der Waals surface area contributed by atoms with Crippen LogP contribution in [0.3, 0.4) is 0 Å². The van der Waals surface area contributed by atoms with Gasteiger partial charge < -0.3 is 14.3 Å². The molecule has 158 valence electrons. The third-order valence-electron chi connectivity index (χ3n) is 5.23. The van der Waals surface area contributed by atoms with Crippen molar-refractivity contribution in [3.63, 3.8) is 0 Å². The summed E-state index contributed by atoms with van der Waals surface area (Å²) in [5, 5.41) is 2.80. The SMILES string of the molecule is Cc1ccc(S(=O)(=O)N2CCn3cc(CC(=O)NCc4ccco4)nc3C2C)cc1. The topological polar surface area (TPSA) is 97.4 Å². The van der Waals surface area contributed by atoms with Crippen molar-refractivity contribution in [2.24, 2.45) is 0 Å². The molecule has 2 aromatic heterocycles. The van der Waals surface area contributed by atoms with Gasteiger partial charge in [-0.2, -0.15) is 4.31 Å². The van der Waals surface area contributed by atoms with Gasteiger partial charge >= 0.3 is 0 Å². The Kier molecular flexibility index (Phi) is 5.48. The molecule has 1 N–H and O–H groups in total. The lowest BCUT2D eigenvalue weighted by Crippen LogP contribution is -2.41. The van der Waals surface area contributed by atoms with E-state index >= 15 is 0 Å². The van der Waals surface area contributed by atoms with Gasteiger partial charge in [0.25, 0.3) is 0 Å². The van der Waals surface area contributed by atoms with Crippen molar-refractivity contribution in [3.05, 3.63) is 71.7 Å². The number of nitrogens with zero attached hydrogens (tertiary/aromatic N) is 3. The number of hydrogen-bond acceptors (Lipinski definition) is 5. The van der Waals surface area contributed by atoms with Crippen LogP contribution in [0.25, 0.3) is 0 Å². The molecule has 4 rings (SSSR count). The molecule has 0 fully saturated rings. The van der Waals surface area contributed by atoms with Crippen molar-refractivity contribution >= 4 is 15.9 Å². The summed E-state index contributed by atoms with van der Waals surface area (Å²) in [5.74, 6) is 1.16. The molecule has 9 heteroatoms. The Bertz CT molecular complexity index is 1130. The summed E-state index contributed by atoms with van der Waals surface area (Å²) < 4.78 is 34.8. The monoisotopic (exact) mass is 428 g/mol. The van der Waals surface area contributed by atoms with E-state index in [2.05, 4.69) is 10.3 Å². The minimum absolute atomic E-state index is 0.123. The van der Waals surface area contributed by atoms with E-state index in [4.69, 9.17) is 4.42 Å². The van der Waals surface area contributed by atoms with Gasteiger partial charge in [0.15, 0.2) is 0 Å². The zero-order valence-electron chi connectivity index (χ0n) is 16.9. The van der Waals surface area contributed by atoms with Crippen molar-refractivity contribution in [1.29, 1.82) is 0 Å². The maximum atomic E-state index is 13.1. The van der Waals surface area contributed by atoms with E-state index in [1.807, 2.05) is 24.6 Å². The number of amides is 1. The van der Waals surface area contributed by atoms with Gasteiger partial charge in [-0.05, 0) is 38.1 Å². The molecule has 0 aliphatic carbocycles. The first-order valence-electron chi connectivity index (χ1n) is 9.78. The fraction of sp³-hybridized carbons (Fsp3) is 0.333. The zero-order chi connectivity index (χ0) is 21.3. The second kappa shape index (κ2) is 8.08. The van der Waals surface area contributed by atoms with Gasteiger partial charge in [-0.25, -0.2) is 13.4 Å². The number of rotatable bonds is 6. The van der Waals surface area contributed by atoms with Crippen LogP contribution >= 0.6 is 0 Å². The number of aryl methyl sites for hydroxylation is 1. The molecule has 3 aromatic rings. The van der Waals surface area contributed by atoms with E-state index < -0.39 is 16.1 Å². The van der Waals surface area contributed by atoms with E-state index in [0.717, 1.165) is 5.56 Å². The maximum absolute atomic E-state index is 13.1. The average molecular weight is 429 g/mol. The number of aromatic nitrogens is 2. The van der Waals surface area contributed by atoms with Gasteiger partial charge in [-0.3, -0.25) is 4.79 Å². The van der Waals surface area contributed by atoms with Gasteiger partial charge in [-0.1, -0.05) is 17.7 Å². The standard InChI is InChI=1S/C21H24N4O4S/c1-15-5-7-19(8-6-15)30(27,28)25-10-9-24-14-17(23-21(24)16(25)2)12-20(26)22-13-18-4-3-11-29-18/h3-8,11,14,16H,9-10,12-13H2,1-2H3,(H,22,26). The number of sulfonamides is 1. The summed E-state index contributed by atoms with van der Waals surface area (Å²) in [7, 11) is -3.63. The first-order chi connectivity index (χ1) is 14.3. The fourth-order valence-corrected chi connectivity index (χ4v) is 5.20. The Morgan fingerprint density at radius 2 is 2.00 bits per heavy atom. The van der Waals surface area contributed by atoms with Crippen LogP contribution in [0, 0.1) is 6.92 Å². The number of carbonyl (C=O) groups is 1. The summed E-state index contributed by atoms with van der Waals surface area (Å²) in [6.45, 7) is 4.91. The van der Waals surface area contributed by atoms with Gasteiger partial charge in [-0.15, -0.1) is 0 Å². The predicted molar refractivity (Wildman–Crippen MR) is 110 cm³/mol. The van der Waals surface area contributed by atoms with Crippen molar-refractivity contribution < 1.29 is 17.6 Å². The molecular formula is C21H24N4O4S. The molecule has 30 heavy (non-hydrogen) atoms. The van der Waals surface area contributed by atoms with Crippen LogP contribution in [0.2, 0.25) is 0 Å². The van der Waals surface area contributed by atoms with E-state index in [1.165, 1.54) is 4.31 Å². The van der Waals surface area contributed by atoms with Crippen LogP contribution in [0.1, 0.15) is 35.8 Å². The number of fused-ring (bicyclic) bond motifs is 1. The van der Waals surface area contributed by atoms with Crippen molar-refractivity contribution in [2.45, 2.75) is 44.3 Å². The second-order valence-corrected chi connectivity index (χ2v) is 9.31. The third kappa shape index (κ3) is 4.03. The number of furan rings is 1. The number of hydrogen-bond donors (Lipinski definition) is 1. The lowest BCUT2D eigenvalue weighted by Gasteiger charge is -2.32. The van der Waals surface area contributed by atoms with Crippen molar-refractivity contribution in [1.82, 2.24) is 19.2 Å². The van der Waals surface area contributed by atoms with Gasteiger partial charge in [0.1, 0.15) is 11.6 Å². The maximum Gasteiger partial charge on any atom is 0.243 e. The highest BCUT2D eigenvalue weighted by molar-refractivity contribution is 7.89. The number of imidazole rings is 1. The highest BCUT2D eigenvalue weighted by Gasteiger charge is 2.35. The van der Waals surface area contributed by atoms with E-state index in [9.17, 15) is 13.2 Å². The molecule has 1 unspecified atom stereocenters. The molecule has 1 atom stereocenters. The lowest BCUT2D eigenvalue weighted by atomic mass is 10.2. The van der Waals surface area contributed by atoms with Crippen LogP contribution in [0.5, 0.6) is 0 Å². The van der Waals surface area contributed by atoms with E-state index in [1.54, 1.807) is 42.7 Å². The quantitative estimate of drug-likeness (QED) is 0.650. The zero-order valence-corrected chi connectivity index (χ0v) is 17.7. The predicted octanol–water partition coefficient (Wildman–Crippen LogP) is 2.41. The largest absolute Gasteiger partial charge is 0.467 e. The number of nitrogens with one attached hydrogen (secondary N) is 1. The molecule has 1 amide bonds. The highest BCUT2D eigenvalue weighted by atomic mass is 32.2. The molecule has 0 saturated carbocycles. The Morgan fingerprint density at radius 1 is 1.23 bits per heavy atom. The van der Waals surface area contributed by atoms with Gasteiger partial charge in [0.05, 0.1) is 35.9 Å². The fourth-order valence-electron chi connectivity index (χ4n) is 3.61. The first kappa shape index (κ1) is 20.4. The lowest BCUT2D eigenvalue weighted by molar-refractivity contribution is -0.120. The minimum atomic E-state index is -3.63. The van der Waals surface area contributed by atoms with Crippen LogP contribution in [-0.4, -0.2) is 34.7 Å². The van der Waals surface area contributed by atoms with Crippen LogP contribution < -0.4 is 5.32 Å². The summed E-state index contributed by atoms with van der Waals surface area (Å²) in [5.41, 5.74) is 1.62. The molecule has 3 heterocycles. The minimum Gasteiger partial charge on any atom is -0.467 e. The van der Waals surface area contributed by atoms with E-state index in [0.29, 0.717) is 36.9 Å². The highest BCUT2D eigenvalue weighted by Crippen LogP contribution is 2.30. The van der Waals surface area contributed by atoms with E-state index in [-0.39, 0.29) is 17.2 Å². The molecule has 0 bridgehead atoms. The van der Waals surface area contributed by atoms with Crippen LogP contribution in [0.4, 0.5) is 0 Å². The van der Waals surface area contributed by atoms with Crippen LogP contribution in [-0.2, 0) is 34.3 Å².